The fourth-order valence-corrected chi connectivity index (χ4v) is 4.25. The summed E-state index contributed by atoms with van der Waals surface area (Å²) >= 11 is 0. The molecular weight excluding hydrogens is 352 g/mol. The van der Waals surface area contributed by atoms with Crippen LogP contribution in [0.3, 0.4) is 0 Å². The highest BCUT2D eigenvalue weighted by Crippen LogP contribution is 2.20. The minimum Gasteiger partial charge on any atom is -0.349 e. The van der Waals surface area contributed by atoms with Gasteiger partial charge in [-0.25, -0.2) is 4.68 Å². The summed E-state index contributed by atoms with van der Waals surface area (Å²) in [5.41, 5.74) is 1.74. The van der Waals surface area contributed by atoms with Gasteiger partial charge < -0.3 is 10.6 Å². The third kappa shape index (κ3) is 4.77. The summed E-state index contributed by atoms with van der Waals surface area (Å²) in [4.78, 5) is 15.1. The summed E-state index contributed by atoms with van der Waals surface area (Å²) in [6.45, 7) is 4.66. The molecule has 2 N–H and O–H groups in total. The van der Waals surface area contributed by atoms with Gasteiger partial charge in [0.15, 0.2) is 5.69 Å². The normalized spacial score (nSPS) is 21.5. The molecule has 1 atom stereocenters. The van der Waals surface area contributed by atoms with Gasteiger partial charge in [0.2, 0.25) is 0 Å². The number of carbonyl (C=O) groups is 1. The summed E-state index contributed by atoms with van der Waals surface area (Å²) in [5, 5.41) is 14.7. The molecule has 2 aromatic rings. The van der Waals surface area contributed by atoms with Crippen LogP contribution in [0.15, 0.2) is 36.5 Å². The van der Waals surface area contributed by atoms with Crippen molar-refractivity contribution in [2.45, 2.75) is 50.7 Å². The second-order valence-corrected chi connectivity index (χ2v) is 7.88. The Kier molecular flexibility index (Phi) is 6.34. The molecule has 28 heavy (non-hydrogen) atoms. The van der Waals surface area contributed by atoms with E-state index in [1.807, 2.05) is 4.68 Å². The molecule has 2 fully saturated rings. The van der Waals surface area contributed by atoms with Crippen molar-refractivity contribution in [3.05, 3.63) is 47.8 Å². The Morgan fingerprint density at radius 2 is 1.96 bits per heavy atom. The van der Waals surface area contributed by atoms with E-state index < -0.39 is 0 Å². The fourth-order valence-electron chi connectivity index (χ4n) is 4.25. The van der Waals surface area contributed by atoms with E-state index in [0.29, 0.717) is 24.3 Å². The quantitative estimate of drug-likeness (QED) is 0.799. The Labute approximate surface area is 166 Å². The van der Waals surface area contributed by atoms with E-state index in [4.69, 9.17) is 0 Å². The third-order valence-electron chi connectivity index (χ3n) is 5.90. The van der Waals surface area contributed by atoms with Gasteiger partial charge in [0.1, 0.15) is 0 Å². The number of piperidine rings is 2. The van der Waals surface area contributed by atoms with Crippen molar-refractivity contribution in [3.63, 3.8) is 0 Å². The Hall–Kier alpha value is -2.25. The van der Waals surface area contributed by atoms with Crippen LogP contribution < -0.4 is 10.6 Å². The summed E-state index contributed by atoms with van der Waals surface area (Å²) in [5.74, 6) is -0.120. The summed E-state index contributed by atoms with van der Waals surface area (Å²) in [6.07, 6.45) is 7.42. The van der Waals surface area contributed by atoms with Crippen molar-refractivity contribution in [3.8, 4) is 0 Å². The Bertz CT molecular complexity index is 755. The number of hydrogen-bond acceptors (Lipinski definition) is 5. The minimum absolute atomic E-state index is 0.120. The van der Waals surface area contributed by atoms with Crippen LogP contribution >= 0.6 is 0 Å². The summed E-state index contributed by atoms with van der Waals surface area (Å²) < 4.78 is 1.86. The fraction of sp³-hybridized carbons (Fsp3) is 0.571. The molecule has 7 heteroatoms. The number of benzene rings is 1. The highest BCUT2D eigenvalue weighted by molar-refractivity contribution is 5.91. The molecule has 0 saturated carbocycles. The molecule has 0 bridgehead atoms. The predicted octanol–water partition coefficient (Wildman–Crippen LogP) is 1.99. The molecule has 2 aliphatic rings. The summed E-state index contributed by atoms with van der Waals surface area (Å²) in [6, 6.07) is 11.3. The molecular formula is C21H30N6O. The average molecular weight is 383 g/mol. The third-order valence-corrected chi connectivity index (χ3v) is 5.90. The van der Waals surface area contributed by atoms with Crippen LogP contribution in [-0.4, -0.2) is 58.0 Å². The highest BCUT2D eigenvalue weighted by Gasteiger charge is 2.24. The monoisotopic (exact) mass is 382 g/mol. The van der Waals surface area contributed by atoms with Crippen molar-refractivity contribution in [1.82, 2.24) is 30.5 Å². The van der Waals surface area contributed by atoms with E-state index in [9.17, 15) is 4.79 Å². The largest absolute Gasteiger partial charge is 0.349 e. The van der Waals surface area contributed by atoms with E-state index >= 15 is 0 Å². The first kappa shape index (κ1) is 19.1. The number of aromatic nitrogens is 3. The van der Waals surface area contributed by atoms with Gasteiger partial charge in [0.05, 0.1) is 12.2 Å². The molecule has 7 nitrogen and oxygen atoms in total. The van der Waals surface area contributed by atoms with Crippen LogP contribution in [0.4, 0.5) is 0 Å². The van der Waals surface area contributed by atoms with Gasteiger partial charge in [0.25, 0.3) is 5.91 Å². The molecule has 0 spiro atoms. The van der Waals surface area contributed by atoms with Gasteiger partial charge in [-0.1, -0.05) is 42.0 Å². The molecule has 0 aliphatic carbocycles. The zero-order valence-electron chi connectivity index (χ0n) is 16.4. The van der Waals surface area contributed by atoms with E-state index in [2.05, 4.69) is 56.2 Å². The minimum atomic E-state index is -0.120. The van der Waals surface area contributed by atoms with Gasteiger partial charge >= 0.3 is 0 Å². The molecule has 1 aromatic heterocycles. The lowest BCUT2D eigenvalue weighted by atomic mass is 10.0. The Morgan fingerprint density at radius 1 is 1.14 bits per heavy atom. The zero-order valence-corrected chi connectivity index (χ0v) is 16.4. The number of carbonyl (C=O) groups excluding carboxylic acids is 1. The number of hydrogen-bond donors (Lipinski definition) is 2. The van der Waals surface area contributed by atoms with E-state index in [0.717, 1.165) is 45.4 Å². The maximum Gasteiger partial charge on any atom is 0.273 e. The van der Waals surface area contributed by atoms with Crippen LogP contribution in [0.2, 0.25) is 0 Å². The first-order valence-corrected chi connectivity index (χ1v) is 10.5. The number of likely N-dealkylation sites (tertiary alicyclic amines) is 1. The van der Waals surface area contributed by atoms with Gasteiger partial charge in [-0.3, -0.25) is 9.69 Å². The lowest BCUT2D eigenvalue weighted by Crippen LogP contribution is -2.46. The number of nitrogens with zero attached hydrogens (tertiary/aromatic N) is 4. The molecule has 1 aromatic carbocycles. The van der Waals surface area contributed by atoms with Crippen LogP contribution in [0.1, 0.15) is 54.2 Å². The van der Waals surface area contributed by atoms with Crippen molar-refractivity contribution in [2.75, 3.05) is 26.2 Å². The van der Waals surface area contributed by atoms with E-state index in [1.54, 1.807) is 6.20 Å². The van der Waals surface area contributed by atoms with Gasteiger partial charge in [-0.15, -0.1) is 5.10 Å². The van der Waals surface area contributed by atoms with E-state index in [1.165, 1.54) is 18.4 Å². The van der Waals surface area contributed by atoms with Crippen LogP contribution in [-0.2, 0) is 6.54 Å². The van der Waals surface area contributed by atoms with E-state index in [-0.39, 0.29) is 5.91 Å². The summed E-state index contributed by atoms with van der Waals surface area (Å²) in [7, 11) is 0. The smallest absolute Gasteiger partial charge is 0.273 e. The molecule has 1 amide bonds. The molecule has 1 unspecified atom stereocenters. The number of amides is 1. The Morgan fingerprint density at radius 3 is 2.79 bits per heavy atom. The lowest BCUT2D eigenvalue weighted by molar-refractivity contribution is 0.0902. The first-order chi connectivity index (χ1) is 13.8. The maximum absolute atomic E-state index is 12.6. The van der Waals surface area contributed by atoms with Crippen molar-refractivity contribution < 1.29 is 4.79 Å². The Balaban J connectivity index is 1.32. The van der Waals surface area contributed by atoms with Crippen molar-refractivity contribution >= 4 is 5.91 Å². The standard InChI is InChI=1S/C21H30N6O/c28-21(20-16-27(25-24-20)18-9-11-22-12-10-18)23-14-19-8-4-5-13-26(19)15-17-6-2-1-3-7-17/h1-3,6-7,16,18-19,22H,4-5,8-15H2,(H,23,28). The number of nitrogens with one attached hydrogen (secondary N) is 2. The van der Waals surface area contributed by atoms with Gasteiger partial charge in [-0.05, 0) is 50.9 Å². The molecule has 4 rings (SSSR count). The van der Waals surface area contributed by atoms with Crippen LogP contribution in [0.5, 0.6) is 0 Å². The van der Waals surface area contributed by atoms with Crippen LogP contribution in [0, 0.1) is 0 Å². The first-order valence-electron chi connectivity index (χ1n) is 10.5. The molecule has 2 aliphatic heterocycles. The second-order valence-electron chi connectivity index (χ2n) is 7.88. The predicted molar refractivity (Wildman–Crippen MR) is 108 cm³/mol. The zero-order chi connectivity index (χ0) is 19.2. The van der Waals surface area contributed by atoms with Gasteiger partial charge in [0, 0.05) is 19.1 Å². The number of rotatable bonds is 6. The molecule has 0 radical (unpaired) electrons. The van der Waals surface area contributed by atoms with Crippen LogP contribution in [0.25, 0.3) is 0 Å². The second kappa shape index (κ2) is 9.30. The maximum atomic E-state index is 12.6. The SMILES string of the molecule is O=C(NCC1CCCCN1Cc1ccccc1)c1cn(C2CCNCC2)nn1. The van der Waals surface area contributed by atoms with Gasteiger partial charge in [-0.2, -0.15) is 0 Å². The van der Waals surface area contributed by atoms with Crippen molar-refractivity contribution in [2.24, 2.45) is 0 Å². The molecule has 150 valence electrons. The highest BCUT2D eigenvalue weighted by atomic mass is 16.2. The lowest BCUT2D eigenvalue weighted by Gasteiger charge is -2.35. The molecule has 3 heterocycles. The van der Waals surface area contributed by atoms with Crippen molar-refractivity contribution in [1.29, 1.82) is 0 Å². The average Bonchev–Trinajstić information content (AvgIpc) is 3.25. The topological polar surface area (TPSA) is 75.1 Å². The molecule has 2 saturated heterocycles.